The van der Waals surface area contributed by atoms with Crippen LogP contribution < -0.4 is 0 Å². The molecule has 2 heteroatoms. The maximum Gasteiger partial charge on any atom is 0.132 e. The molecule has 0 aliphatic carbocycles. The quantitative estimate of drug-likeness (QED) is 0.404. The molecule has 0 aliphatic heterocycles. The van der Waals surface area contributed by atoms with Crippen molar-refractivity contribution in [3.63, 3.8) is 0 Å². The van der Waals surface area contributed by atoms with E-state index in [0.29, 0.717) is 0 Å². The molecule has 0 N–H and O–H groups in total. The first kappa shape index (κ1) is 8.95. The van der Waals surface area contributed by atoms with E-state index in [-0.39, 0.29) is 6.29 Å². The van der Waals surface area contributed by atoms with Gasteiger partial charge in [-0.25, -0.2) is 0 Å². The fourth-order valence-electron chi connectivity index (χ4n) is 0.528. The molecule has 0 aromatic carbocycles. The minimum Gasteiger partial charge on any atom is -0.121 e. The van der Waals surface area contributed by atoms with E-state index in [0.717, 1.165) is 5.54 Å². The van der Waals surface area contributed by atoms with Crippen LogP contribution in [-0.4, -0.2) is 6.29 Å². The lowest BCUT2D eigenvalue weighted by molar-refractivity contribution is 0.998. The zero-order valence-corrected chi connectivity index (χ0v) is 9.03. The minimum absolute atomic E-state index is 0.0124. The van der Waals surface area contributed by atoms with Crippen molar-refractivity contribution in [2.45, 2.75) is 38.8 Å². The molecule has 0 unspecified atom stereocenters. The van der Waals surface area contributed by atoms with Gasteiger partial charge in [0, 0.05) is 0 Å². The van der Waals surface area contributed by atoms with Crippen LogP contribution in [0.4, 0.5) is 0 Å². The van der Waals surface area contributed by atoms with E-state index in [1.54, 1.807) is 0 Å². The molecule has 0 amide bonds. The van der Waals surface area contributed by atoms with Gasteiger partial charge in [0.1, 0.15) is 6.29 Å². The summed E-state index contributed by atoms with van der Waals surface area (Å²) in [5.41, 5.74) is 0.959. The normalized spacial score (nSPS) is 11.2. The van der Waals surface area contributed by atoms with Gasteiger partial charge < -0.3 is 0 Å². The maximum absolute atomic E-state index is 2.63. The summed E-state index contributed by atoms with van der Waals surface area (Å²) >= 11 is 2.63. The van der Waals surface area contributed by atoms with Gasteiger partial charge in [-0.1, -0.05) is 27.2 Å². The number of rotatable bonds is 3. The summed E-state index contributed by atoms with van der Waals surface area (Å²) in [6.45, 7) is 6.93. The molecule has 0 heterocycles. The fourth-order valence-corrected chi connectivity index (χ4v) is 3.20. The number of halogens is 1. The van der Waals surface area contributed by atoms with Crippen LogP contribution in [0.15, 0.2) is 0 Å². The van der Waals surface area contributed by atoms with Crippen LogP contribution in [0.1, 0.15) is 27.2 Å². The highest BCUT2D eigenvalue weighted by Gasteiger charge is 2.08. The summed E-state index contributed by atoms with van der Waals surface area (Å²) in [7, 11) is 0. The van der Waals surface area contributed by atoms with Crippen molar-refractivity contribution in [2.75, 3.05) is 0 Å². The van der Waals surface area contributed by atoms with E-state index in [2.05, 4.69) is 42.6 Å². The third kappa shape index (κ3) is 3.89. The Hall–Kier alpha value is 0.947. The summed E-state index contributed by atoms with van der Waals surface area (Å²) in [6, 6.07) is 1.48. The highest BCUT2D eigenvalue weighted by atomic mass is 127. The molecular weight excluding hydrogens is 227 g/mol. The average Bonchev–Trinajstić information content (AvgIpc) is 1.67. The van der Waals surface area contributed by atoms with Gasteiger partial charge in [-0.2, -0.15) is 0 Å². The van der Waals surface area contributed by atoms with Crippen molar-refractivity contribution in [1.82, 2.24) is 0 Å². The Morgan fingerprint density at radius 2 is 2.00 bits per heavy atom. The molecule has 8 heavy (non-hydrogen) atoms. The van der Waals surface area contributed by atoms with Crippen molar-refractivity contribution < 1.29 is 0 Å². The van der Waals surface area contributed by atoms with Crippen molar-refractivity contribution in [3.8, 4) is 0 Å². The second-order valence-electron chi connectivity index (χ2n) is 2.35. The van der Waals surface area contributed by atoms with Gasteiger partial charge in [-0.05, 0) is 11.6 Å². The standard InChI is InChI=1S/C6H14ISi/c1-4-5-8(7)6(2)3/h6H,4-5H2,1-3H3. The van der Waals surface area contributed by atoms with E-state index >= 15 is 0 Å². The van der Waals surface area contributed by atoms with Gasteiger partial charge in [0.15, 0.2) is 0 Å². The molecule has 0 saturated heterocycles. The Balaban J connectivity index is 3.17. The lowest BCUT2D eigenvalue weighted by atomic mass is 10.6. The van der Waals surface area contributed by atoms with E-state index in [4.69, 9.17) is 0 Å². The van der Waals surface area contributed by atoms with E-state index in [9.17, 15) is 0 Å². The second-order valence-corrected chi connectivity index (χ2v) is 9.06. The van der Waals surface area contributed by atoms with Crippen LogP contribution in [0, 0.1) is 0 Å². The topological polar surface area (TPSA) is 0 Å². The largest absolute Gasteiger partial charge is 0.132 e. The molecule has 1 radical (unpaired) electrons. The summed E-state index contributed by atoms with van der Waals surface area (Å²) in [6.07, 6.45) is 1.38. The van der Waals surface area contributed by atoms with Crippen LogP contribution in [0.5, 0.6) is 0 Å². The van der Waals surface area contributed by atoms with Crippen LogP contribution in [-0.2, 0) is 0 Å². The summed E-state index contributed by atoms with van der Waals surface area (Å²) in [4.78, 5) is 0. The Bertz CT molecular complexity index is 54.5. The summed E-state index contributed by atoms with van der Waals surface area (Å²) in [5, 5.41) is 0. The van der Waals surface area contributed by atoms with Crippen molar-refractivity contribution >= 4 is 28.1 Å². The van der Waals surface area contributed by atoms with Crippen LogP contribution in [0.3, 0.4) is 0 Å². The third-order valence-corrected chi connectivity index (χ3v) is 8.70. The van der Waals surface area contributed by atoms with Gasteiger partial charge in [0.2, 0.25) is 0 Å². The van der Waals surface area contributed by atoms with Crippen molar-refractivity contribution in [1.29, 1.82) is 0 Å². The summed E-state index contributed by atoms with van der Waals surface area (Å²) < 4.78 is 0. The average molecular weight is 241 g/mol. The van der Waals surface area contributed by atoms with Crippen molar-refractivity contribution in [2.24, 2.45) is 0 Å². The first-order valence-corrected chi connectivity index (χ1v) is 8.09. The van der Waals surface area contributed by atoms with E-state index < -0.39 is 0 Å². The zero-order chi connectivity index (χ0) is 6.57. The SMILES string of the molecule is CCC[Si](I)C(C)C. The van der Waals surface area contributed by atoms with Gasteiger partial charge in [0.05, 0.1) is 0 Å². The molecular formula is C6H14ISi. The molecule has 0 aromatic heterocycles. The molecule has 0 rings (SSSR count). The zero-order valence-electron chi connectivity index (χ0n) is 5.87. The molecule has 0 fully saturated rings. The molecule has 0 aromatic rings. The molecule has 0 bridgehead atoms. The van der Waals surface area contributed by atoms with Gasteiger partial charge in [-0.15, -0.1) is 21.8 Å². The number of hydrogen-bond acceptors (Lipinski definition) is 0. The molecule has 0 atom stereocenters. The Kier molecular flexibility index (Phi) is 5.36. The van der Waals surface area contributed by atoms with Gasteiger partial charge in [-0.3, -0.25) is 0 Å². The van der Waals surface area contributed by atoms with Gasteiger partial charge >= 0.3 is 0 Å². The first-order valence-electron chi connectivity index (χ1n) is 3.19. The lowest BCUT2D eigenvalue weighted by Crippen LogP contribution is -2.05. The third-order valence-electron chi connectivity index (χ3n) is 1.12. The fraction of sp³-hybridized carbons (Fsp3) is 1.00. The minimum atomic E-state index is 0.0124. The van der Waals surface area contributed by atoms with Crippen LogP contribution >= 0.6 is 21.8 Å². The van der Waals surface area contributed by atoms with Gasteiger partial charge in [0.25, 0.3) is 0 Å². The molecule has 0 aliphatic rings. The lowest BCUT2D eigenvalue weighted by Gasteiger charge is -2.07. The summed E-state index contributed by atoms with van der Waals surface area (Å²) in [5.74, 6) is 0. The highest BCUT2D eigenvalue weighted by molar-refractivity contribution is 14.1. The Morgan fingerprint density at radius 1 is 1.50 bits per heavy atom. The molecule has 49 valence electrons. The molecule has 0 nitrogen and oxygen atoms in total. The predicted octanol–water partition coefficient (Wildman–Crippen LogP) is 3.23. The highest BCUT2D eigenvalue weighted by Crippen LogP contribution is 2.18. The maximum atomic E-state index is 2.63. The van der Waals surface area contributed by atoms with E-state index in [1.807, 2.05) is 0 Å². The second kappa shape index (κ2) is 4.79. The Morgan fingerprint density at radius 3 is 2.12 bits per heavy atom. The van der Waals surface area contributed by atoms with Crippen LogP contribution in [0.2, 0.25) is 11.6 Å². The smallest absolute Gasteiger partial charge is 0.121 e. The van der Waals surface area contributed by atoms with Crippen molar-refractivity contribution in [3.05, 3.63) is 0 Å². The van der Waals surface area contributed by atoms with E-state index in [1.165, 1.54) is 12.5 Å². The first-order chi connectivity index (χ1) is 3.68. The number of hydrogen-bond donors (Lipinski definition) is 0. The van der Waals surface area contributed by atoms with Crippen LogP contribution in [0.25, 0.3) is 0 Å². The Labute approximate surface area is 66.9 Å². The molecule has 0 saturated carbocycles. The predicted molar refractivity (Wildman–Crippen MR) is 50.0 cm³/mol. The molecule has 0 spiro atoms. The monoisotopic (exact) mass is 241 g/mol.